The minimum Gasteiger partial charge on any atom is -0.476 e. The molecule has 0 unspecified atom stereocenters. The minimum atomic E-state index is -0.00196. The van der Waals surface area contributed by atoms with Crippen LogP contribution in [0, 0.1) is 0 Å². The predicted molar refractivity (Wildman–Crippen MR) is 85.4 cm³/mol. The minimum absolute atomic E-state index is 0.00196. The van der Waals surface area contributed by atoms with Crippen molar-refractivity contribution in [3.63, 3.8) is 0 Å². The summed E-state index contributed by atoms with van der Waals surface area (Å²) >= 11 is 5.96. The van der Waals surface area contributed by atoms with Crippen molar-refractivity contribution in [1.82, 2.24) is 10.0 Å². The molecule has 1 fully saturated rings. The average Bonchev–Trinajstić information content (AvgIpc) is 2.82. The molecule has 2 aromatic carbocycles. The summed E-state index contributed by atoms with van der Waals surface area (Å²) in [4.78, 5) is 12.0. The molecule has 1 aliphatic rings. The smallest absolute Gasteiger partial charge is 0.238 e. The Hall–Kier alpha value is -2.04. The number of carbonyl (C=O) groups excluding carboxylic acids is 1. The van der Waals surface area contributed by atoms with E-state index in [1.54, 1.807) is 24.2 Å². The predicted octanol–water partition coefficient (Wildman–Crippen LogP) is 3.50. The molecule has 5 heteroatoms. The summed E-state index contributed by atoms with van der Waals surface area (Å²) in [7, 11) is 1.77. The van der Waals surface area contributed by atoms with E-state index in [9.17, 15) is 4.79 Å². The first-order valence-corrected chi connectivity index (χ1v) is 7.49. The van der Waals surface area contributed by atoms with Gasteiger partial charge in [0.1, 0.15) is 5.75 Å². The maximum absolute atomic E-state index is 12.0. The summed E-state index contributed by atoms with van der Waals surface area (Å²) in [5, 5.41) is 4.18. The van der Waals surface area contributed by atoms with Crippen molar-refractivity contribution in [2.75, 3.05) is 13.8 Å². The third kappa shape index (κ3) is 3.08. The fourth-order valence-corrected chi connectivity index (χ4v) is 2.77. The van der Waals surface area contributed by atoms with Crippen LogP contribution < -0.4 is 4.74 Å². The Morgan fingerprint density at radius 1 is 1.18 bits per heavy atom. The number of amides is 1. The first-order chi connectivity index (χ1) is 10.6. The number of hydrazine groups is 1. The van der Waals surface area contributed by atoms with Crippen LogP contribution in [0.25, 0.3) is 0 Å². The summed E-state index contributed by atoms with van der Waals surface area (Å²) in [5.74, 6) is 0.774. The third-order valence-corrected chi connectivity index (χ3v) is 4.05. The molecule has 22 heavy (non-hydrogen) atoms. The van der Waals surface area contributed by atoms with E-state index >= 15 is 0 Å². The van der Waals surface area contributed by atoms with Crippen molar-refractivity contribution in [3.8, 4) is 5.75 Å². The zero-order valence-electron chi connectivity index (χ0n) is 12.3. The molecule has 1 amide bonds. The van der Waals surface area contributed by atoms with Gasteiger partial charge in [0.2, 0.25) is 5.91 Å². The molecule has 0 aliphatic carbocycles. The van der Waals surface area contributed by atoms with Gasteiger partial charge >= 0.3 is 0 Å². The van der Waals surface area contributed by atoms with Crippen molar-refractivity contribution < 1.29 is 9.53 Å². The first-order valence-electron chi connectivity index (χ1n) is 7.11. The molecule has 0 bridgehead atoms. The molecule has 3 rings (SSSR count). The van der Waals surface area contributed by atoms with E-state index in [2.05, 4.69) is 0 Å². The molecule has 0 radical (unpaired) electrons. The Bertz CT molecular complexity index is 663. The maximum atomic E-state index is 12.0. The van der Waals surface area contributed by atoms with Gasteiger partial charge in [-0.1, -0.05) is 48.0 Å². The maximum Gasteiger partial charge on any atom is 0.238 e. The van der Waals surface area contributed by atoms with E-state index in [1.807, 2.05) is 47.5 Å². The van der Waals surface area contributed by atoms with Gasteiger partial charge in [-0.3, -0.25) is 9.80 Å². The topological polar surface area (TPSA) is 32.8 Å². The Kier molecular flexibility index (Phi) is 4.32. The summed E-state index contributed by atoms with van der Waals surface area (Å²) in [6.07, 6.45) is 0.458. The standard InChI is InChI=1S/C17H17ClN2O2/c1-19-17(21)11-16(13-6-3-2-4-7-13)20(19)12-22-15-9-5-8-14(18)10-15/h2-10,16H,11-12H2,1H3/t16-/m1/s1. The monoisotopic (exact) mass is 316 g/mol. The fraction of sp³-hybridized carbons (Fsp3) is 0.235. The van der Waals surface area contributed by atoms with Gasteiger partial charge in [0.15, 0.2) is 6.73 Å². The lowest BCUT2D eigenvalue weighted by atomic mass is 10.1. The van der Waals surface area contributed by atoms with Gasteiger partial charge in [0.05, 0.1) is 6.04 Å². The second-order valence-corrected chi connectivity index (χ2v) is 5.65. The van der Waals surface area contributed by atoms with Gasteiger partial charge in [-0.05, 0) is 23.8 Å². The Balaban J connectivity index is 1.76. The molecule has 114 valence electrons. The van der Waals surface area contributed by atoms with Crippen molar-refractivity contribution >= 4 is 17.5 Å². The number of halogens is 1. The molecule has 1 heterocycles. The summed E-state index contributed by atoms with van der Waals surface area (Å²) < 4.78 is 5.79. The summed E-state index contributed by atoms with van der Waals surface area (Å²) in [6, 6.07) is 17.2. The van der Waals surface area contributed by atoms with Gasteiger partial charge in [-0.2, -0.15) is 5.01 Å². The zero-order valence-corrected chi connectivity index (χ0v) is 13.0. The lowest BCUT2D eigenvalue weighted by Gasteiger charge is -2.29. The van der Waals surface area contributed by atoms with E-state index in [0.29, 0.717) is 23.9 Å². The highest BCUT2D eigenvalue weighted by atomic mass is 35.5. The first kappa shape index (κ1) is 14.9. The van der Waals surface area contributed by atoms with Gasteiger partial charge < -0.3 is 4.74 Å². The molecule has 0 aromatic heterocycles. The van der Waals surface area contributed by atoms with E-state index in [1.165, 1.54) is 0 Å². The van der Waals surface area contributed by atoms with Crippen molar-refractivity contribution in [3.05, 3.63) is 65.2 Å². The molecular formula is C17H17ClN2O2. The van der Waals surface area contributed by atoms with E-state index < -0.39 is 0 Å². The van der Waals surface area contributed by atoms with Crippen molar-refractivity contribution in [1.29, 1.82) is 0 Å². The molecular weight excluding hydrogens is 300 g/mol. The summed E-state index contributed by atoms with van der Waals surface area (Å²) in [6.45, 7) is 0.294. The van der Waals surface area contributed by atoms with Gasteiger partial charge in [-0.15, -0.1) is 0 Å². The molecule has 0 saturated carbocycles. The SMILES string of the molecule is CN1C(=O)C[C@H](c2ccccc2)N1COc1cccc(Cl)c1. The van der Waals surface area contributed by atoms with Crippen LogP contribution in [0.4, 0.5) is 0 Å². The van der Waals surface area contributed by atoms with Crippen LogP contribution in [0.15, 0.2) is 54.6 Å². The van der Waals surface area contributed by atoms with Crippen LogP contribution in [0.1, 0.15) is 18.0 Å². The number of carbonyl (C=O) groups is 1. The number of nitrogens with zero attached hydrogens (tertiary/aromatic N) is 2. The highest BCUT2D eigenvalue weighted by molar-refractivity contribution is 6.30. The molecule has 2 aromatic rings. The van der Waals surface area contributed by atoms with Gasteiger partial charge in [0, 0.05) is 18.5 Å². The molecule has 1 saturated heterocycles. The van der Waals surface area contributed by atoms with Crippen LogP contribution in [-0.4, -0.2) is 29.7 Å². The number of ether oxygens (including phenoxy) is 1. The van der Waals surface area contributed by atoms with E-state index in [0.717, 1.165) is 5.56 Å². The van der Waals surface area contributed by atoms with Crippen LogP contribution >= 0.6 is 11.6 Å². The lowest BCUT2D eigenvalue weighted by Crippen LogP contribution is -2.39. The summed E-state index contributed by atoms with van der Waals surface area (Å²) in [5.41, 5.74) is 1.11. The van der Waals surface area contributed by atoms with Crippen LogP contribution in [0.2, 0.25) is 5.02 Å². The van der Waals surface area contributed by atoms with Gasteiger partial charge in [-0.25, -0.2) is 0 Å². The molecule has 4 nitrogen and oxygen atoms in total. The highest BCUT2D eigenvalue weighted by Gasteiger charge is 2.36. The number of hydrogen-bond donors (Lipinski definition) is 0. The molecule has 1 aliphatic heterocycles. The molecule has 1 atom stereocenters. The number of hydrogen-bond acceptors (Lipinski definition) is 3. The fourth-order valence-electron chi connectivity index (χ4n) is 2.59. The highest BCUT2D eigenvalue weighted by Crippen LogP contribution is 2.32. The second kappa shape index (κ2) is 6.38. The quantitative estimate of drug-likeness (QED) is 0.865. The van der Waals surface area contributed by atoms with Crippen LogP contribution in [-0.2, 0) is 4.79 Å². The Morgan fingerprint density at radius 2 is 1.95 bits per heavy atom. The zero-order chi connectivity index (χ0) is 15.5. The van der Waals surface area contributed by atoms with Crippen LogP contribution in [0.5, 0.6) is 5.75 Å². The molecule has 0 N–H and O–H groups in total. The number of benzene rings is 2. The van der Waals surface area contributed by atoms with E-state index in [4.69, 9.17) is 16.3 Å². The third-order valence-electron chi connectivity index (χ3n) is 3.82. The van der Waals surface area contributed by atoms with Crippen molar-refractivity contribution in [2.45, 2.75) is 12.5 Å². The Morgan fingerprint density at radius 3 is 2.68 bits per heavy atom. The van der Waals surface area contributed by atoms with Crippen molar-refractivity contribution in [2.24, 2.45) is 0 Å². The average molecular weight is 317 g/mol. The Labute approximate surface area is 134 Å². The second-order valence-electron chi connectivity index (χ2n) is 5.22. The normalized spacial score (nSPS) is 18.7. The van der Waals surface area contributed by atoms with Crippen LogP contribution in [0.3, 0.4) is 0 Å². The largest absolute Gasteiger partial charge is 0.476 e. The lowest BCUT2D eigenvalue weighted by molar-refractivity contribution is -0.139. The molecule has 0 spiro atoms. The van der Waals surface area contributed by atoms with E-state index in [-0.39, 0.29) is 11.9 Å². The van der Waals surface area contributed by atoms with Gasteiger partial charge in [0.25, 0.3) is 0 Å². The number of rotatable bonds is 4.